The topological polar surface area (TPSA) is 63.4 Å². The molecule has 0 atom stereocenters. The monoisotopic (exact) mass is 356 g/mol. The number of nitrogens with zero attached hydrogens (tertiary/aromatic N) is 2. The summed E-state index contributed by atoms with van der Waals surface area (Å²) < 4.78 is 0. The van der Waals surface area contributed by atoms with E-state index < -0.39 is 4.92 Å². The Morgan fingerprint density at radius 2 is 1.96 bits per heavy atom. The summed E-state index contributed by atoms with van der Waals surface area (Å²) in [5.74, 6) is -0.0936. The molecule has 128 valence electrons. The van der Waals surface area contributed by atoms with E-state index in [1.165, 1.54) is 18.2 Å². The molecular formula is C19H17ClN2O3. The van der Waals surface area contributed by atoms with Crippen LogP contribution in [0.4, 0.5) is 5.69 Å². The van der Waals surface area contributed by atoms with Gasteiger partial charge in [-0.2, -0.15) is 0 Å². The highest BCUT2D eigenvalue weighted by Gasteiger charge is 2.31. The highest BCUT2D eigenvalue weighted by atomic mass is 35.5. The van der Waals surface area contributed by atoms with E-state index in [1.54, 1.807) is 12.1 Å². The van der Waals surface area contributed by atoms with Crippen LogP contribution in [0.15, 0.2) is 54.6 Å². The highest BCUT2D eigenvalue weighted by molar-refractivity contribution is 6.32. The molecule has 0 radical (unpaired) electrons. The van der Waals surface area contributed by atoms with Gasteiger partial charge in [0, 0.05) is 24.7 Å². The number of hydrogen-bond donors (Lipinski definition) is 0. The molecule has 1 amide bonds. The predicted molar refractivity (Wildman–Crippen MR) is 97.2 cm³/mol. The maximum Gasteiger partial charge on any atom is 0.288 e. The van der Waals surface area contributed by atoms with Crippen molar-refractivity contribution in [2.75, 3.05) is 0 Å². The lowest BCUT2D eigenvalue weighted by molar-refractivity contribution is -0.384. The Kier molecular flexibility index (Phi) is 5.14. The molecule has 0 aliphatic heterocycles. The number of carbonyl (C=O) groups excluding carboxylic acids is 1. The van der Waals surface area contributed by atoms with Crippen LogP contribution < -0.4 is 0 Å². The minimum atomic E-state index is -0.534. The second-order valence-electron chi connectivity index (χ2n) is 5.98. The van der Waals surface area contributed by atoms with Crippen LogP contribution in [0.5, 0.6) is 0 Å². The van der Waals surface area contributed by atoms with Crippen molar-refractivity contribution in [1.82, 2.24) is 4.90 Å². The SMILES string of the molecule is O=C(/C=C/c1ccc(Cl)c([N+](=O)[O-])c1)N(Cc1ccccc1)C1CC1. The lowest BCUT2D eigenvalue weighted by Gasteiger charge is -2.21. The number of rotatable bonds is 6. The molecule has 6 heteroatoms. The smallest absolute Gasteiger partial charge is 0.288 e. The molecule has 0 heterocycles. The molecule has 0 spiro atoms. The fourth-order valence-corrected chi connectivity index (χ4v) is 2.78. The Morgan fingerprint density at radius 3 is 2.60 bits per heavy atom. The molecule has 0 bridgehead atoms. The molecule has 0 unspecified atom stereocenters. The molecule has 2 aromatic carbocycles. The summed E-state index contributed by atoms with van der Waals surface area (Å²) in [5.41, 5.74) is 1.48. The average Bonchev–Trinajstić information content (AvgIpc) is 3.44. The molecular weight excluding hydrogens is 340 g/mol. The first-order chi connectivity index (χ1) is 12.0. The van der Waals surface area contributed by atoms with Crippen LogP contribution in [-0.2, 0) is 11.3 Å². The first kappa shape index (κ1) is 17.2. The summed E-state index contributed by atoms with van der Waals surface area (Å²) in [7, 11) is 0. The van der Waals surface area contributed by atoms with Crippen LogP contribution in [0, 0.1) is 10.1 Å². The number of nitro groups is 1. The Morgan fingerprint density at radius 1 is 1.24 bits per heavy atom. The van der Waals surface area contributed by atoms with Crippen molar-refractivity contribution in [3.8, 4) is 0 Å². The van der Waals surface area contributed by atoms with Gasteiger partial charge in [-0.15, -0.1) is 0 Å². The average molecular weight is 357 g/mol. The summed E-state index contributed by atoms with van der Waals surface area (Å²) in [6, 6.07) is 14.6. The molecule has 0 saturated heterocycles. The molecule has 5 nitrogen and oxygen atoms in total. The summed E-state index contributed by atoms with van der Waals surface area (Å²) in [6.45, 7) is 0.565. The van der Waals surface area contributed by atoms with E-state index in [1.807, 2.05) is 35.2 Å². The van der Waals surface area contributed by atoms with Crippen molar-refractivity contribution in [2.45, 2.75) is 25.4 Å². The Hall–Kier alpha value is -2.66. The van der Waals surface area contributed by atoms with Gasteiger partial charge in [-0.3, -0.25) is 14.9 Å². The van der Waals surface area contributed by atoms with Crippen molar-refractivity contribution in [2.24, 2.45) is 0 Å². The van der Waals surface area contributed by atoms with E-state index in [4.69, 9.17) is 11.6 Å². The molecule has 1 aliphatic rings. The summed E-state index contributed by atoms with van der Waals surface area (Å²) in [5, 5.41) is 11.0. The molecule has 25 heavy (non-hydrogen) atoms. The second kappa shape index (κ2) is 7.49. The standard InChI is InChI=1S/C19H17ClN2O3/c20-17-10-6-14(12-18(17)22(24)25)7-11-19(23)21(16-8-9-16)13-15-4-2-1-3-5-15/h1-7,10-12,16H,8-9,13H2/b11-7+. The Labute approximate surface area is 150 Å². The van der Waals surface area contributed by atoms with Gasteiger partial charge in [0.2, 0.25) is 5.91 Å². The van der Waals surface area contributed by atoms with E-state index in [0.29, 0.717) is 12.1 Å². The van der Waals surface area contributed by atoms with Gasteiger partial charge in [0.1, 0.15) is 5.02 Å². The highest BCUT2D eigenvalue weighted by Crippen LogP contribution is 2.29. The lowest BCUT2D eigenvalue weighted by atomic mass is 10.1. The Balaban J connectivity index is 1.74. The first-order valence-electron chi connectivity index (χ1n) is 8.01. The van der Waals surface area contributed by atoms with Crippen molar-refractivity contribution >= 4 is 29.3 Å². The van der Waals surface area contributed by atoms with Gasteiger partial charge in [0.25, 0.3) is 5.69 Å². The largest absolute Gasteiger partial charge is 0.332 e. The van der Waals surface area contributed by atoms with Crippen molar-refractivity contribution < 1.29 is 9.72 Å². The molecule has 0 aromatic heterocycles. The van der Waals surface area contributed by atoms with Gasteiger partial charge in [0.15, 0.2) is 0 Å². The number of halogens is 1. The van der Waals surface area contributed by atoms with Gasteiger partial charge in [-0.25, -0.2) is 0 Å². The number of nitro benzene ring substituents is 1. The predicted octanol–water partition coefficient (Wildman–Crippen LogP) is 4.45. The van der Waals surface area contributed by atoms with E-state index in [0.717, 1.165) is 18.4 Å². The quantitative estimate of drug-likeness (QED) is 0.436. The molecule has 1 saturated carbocycles. The Bertz CT molecular complexity index is 817. The summed E-state index contributed by atoms with van der Waals surface area (Å²) >= 11 is 5.80. The molecule has 3 rings (SSSR count). The maximum atomic E-state index is 12.6. The van der Waals surface area contributed by atoms with E-state index in [-0.39, 0.29) is 22.7 Å². The summed E-state index contributed by atoms with van der Waals surface area (Å²) in [6.07, 6.45) is 5.08. The normalized spacial score (nSPS) is 13.8. The third-order valence-corrected chi connectivity index (χ3v) is 4.37. The first-order valence-corrected chi connectivity index (χ1v) is 8.39. The molecule has 0 N–H and O–H groups in total. The number of hydrogen-bond acceptors (Lipinski definition) is 3. The summed E-state index contributed by atoms with van der Waals surface area (Å²) in [4.78, 5) is 24.8. The molecule has 1 aliphatic carbocycles. The maximum absolute atomic E-state index is 12.6. The second-order valence-corrected chi connectivity index (χ2v) is 6.39. The van der Waals surface area contributed by atoms with Crippen LogP contribution in [0.25, 0.3) is 6.08 Å². The van der Waals surface area contributed by atoms with Crippen LogP contribution in [0.3, 0.4) is 0 Å². The van der Waals surface area contributed by atoms with Crippen LogP contribution in [-0.4, -0.2) is 21.8 Å². The van der Waals surface area contributed by atoms with Gasteiger partial charge >= 0.3 is 0 Å². The van der Waals surface area contributed by atoms with Crippen molar-refractivity contribution in [3.63, 3.8) is 0 Å². The lowest BCUT2D eigenvalue weighted by Crippen LogP contribution is -2.31. The van der Waals surface area contributed by atoms with Crippen LogP contribution >= 0.6 is 11.6 Å². The van der Waals surface area contributed by atoms with E-state index >= 15 is 0 Å². The van der Waals surface area contributed by atoms with Crippen LogP contribution in [0.2, 0.25) is 5.02 Å². The van der Waals surface area contributed by atoms with Crippen molar-refractivity contribution in [1.29, 1.82) is 0 Å². The zero-order valence-electron chi connectivity index (χ0n) is 13.5. The molecule has 2 aromatic rings. The third-order valence-electron chi connectivity index (χ3n) is 4.05. The van der Waals surface area contributed by atoms with Gasteiger partial charge < -0.3 is 4.90 Å². The van der Waals surface area contributed by atoms with Gasteiger partial charge in [-0.05, 0) is 36.1 Å². The van der Waals surface area contributed by atoms with Crippen molar-refractivity contribution in [3.05, 3.63) is 80.9 Å². The van der Waals surface area contributed by atoms with E-state index in [2.05, 4.69) is 0 Å². The number of amides is 1. The zero-order valence-corrected chi connectivity index (χ0v) is 14.2. The number of benzene rings is 2. The minimum absolute atomic E-state index is 0.0807. The number of carbonyl (C=O) groups is 1. The van der Waals surface area contributed by atoms with Crippen LogP contribution in [0.1, 0.15) is 24.0 Å². The fourth-order valence-electron chi connectivity index (χ4n) is 2.59. The van der Waals surface area contributed by atoms with Gasteiger partial charge in [0.05, 0.1) is 4.92 Å². The van der Waals surface area contributed by atoms with Gasteiger partial charge in [-0.1, -0.05) is 48.0 Å². The molecule has 1 fully saturated rings. The zero-order chi connectivity index (χ0) is 17.8. The fraction of sp³-hybridized carbons (Fsp3) is 0.211. The minimum Gasteiger partial charge on any atom is -0.332 e. The third kappa shape index (κ3) is 4.45. The van der Waals surface area contributed by atoms with E-state index in [9.17, 15) is 14.9 Å².